The van der Waals surface area contributed by atoms with E-state index >= 15 is 0 Å². The fourth-order valence-corrected chi connectivity index (χ4v) is 2.52. The summed E-state index contributed by atoms with van der Waals surface area (Å²) in [7, 11) is 0. The van der Waals surface area contributed by atoms with Crippen LogP contribution in [0, 0.1) is 6.92 Å². The Bertz CT molecular complexity index is 272. The van der Waals surface area contributed by atoms with Crippen molar-refractivity contribution in [1.82, 2.24) is 5.32 Å². The first-order chi connectivity index (χ1) is 7.25. The third kappa shape index (κ3) is 4.33. The Morgan fingerprint density at radius 1 is 1.53 bits per heavy atom. The highest BCUT2D eigenvalue weighted by Gasteiger charge is 2.08. The second-order valence-electron chi connectivity index (χ2n) is 3.69. The molecular formula is C12H21NOS. The molecule has 0 aromatic carbocycles. The molecule has 1 aromatic heterocycles. The zero-order valence-corrected chi connectivity index (χ0v) is 10.7. The van der Waals surface area contributed by atoms with Gasteiger partial charge in [-0.2, -0.15) is 0 Å². The molecule has 0 saturated heterocycles. The lowest BCUT2D eigenvalue weighted by atomic mass is 10.2. The Morgan fingerprint density at radius 3 is 2.93 bits per heavy atom. The highest BCUT2D eigenvalue weighted by atomic mass is 32.1. The summed E-state index contributed by atoms with van der Waals surface area (Å²) in [4.78, 5) is 1.45. The van der Waals surface area contributed by atoms with Gasteiger partial charge < -0.3 is 10.1 Å². The standard InChI is InChI=1S/C12H21NOS/c1-4-14-8-5-7-13-11(3)12-10(2)6-9-15-12/h6,9,11,13H,4-5,7-8H2,1-3H3/t11-/m1/s1. The molecule has 15 heavy (non-hydrogen) atoms. The van der Waals surface area contributed by atoms with Gasteiger partial charge in [-0.05, 0) is 50.7 Å². The van der Waals surface area contributed by atoms with Crippen LogP contribution in [0.25, 0.3) is 0 Å². The Hall–Kier alpha value is -0.380. The van der Waals surface area contributed by atoms with Gasteiger partial charge in [-0.1, -0.05) is 0 Å². The third-order valence-corrected chi connectivity index (χ3v) is 3.62. The molecule has 1 atom stereocenters. The number of hydrogen-bond acceptors (Lipinski definition) is 3. The fourth-order valence-electron chi connectivity index (χ4n) is 1.56. The lowest BCUT2D eigenvalue weighted by Gasteiger charge is -2.13. The summed E-state index contributed by atoms with van der Waals surface area (Å²) >= 11 is 1.83. The van der Waals surface area contributed by atoms with Crippen molar-refractivity contribution < 1.29 is 4.74 Å². The summed E-state index contributed by atoms with van der Waals surface area (Å²) in [5.41, 5.74) is 1.39. The maximum atomic E-state index is 5.29. The predicted molar refractivity (Wildman–Crippen MR) is 66.6 cm³/mol. The van der Waals surface area contributed by atoms with Gasteiger partial charge in [-0.25, -0.2) is 0 Å². The second-order valence-corrected chi connectivity index (χ2v) is 4.64. The first-order valence-electron chi connectivity index (χ1n) is 5.60. The zero-order chi connectivity index (χ0) is 11.1. The quantitative estimate of drug-likeness (QED) is 0.723. The molecule has 0 aliphatic rings. The molecule has 86 valence electrons. The van der Waals surface area contributed by atoms with Crippen molar-refractivity contribution in [3.05, 3.63) is 21.9 Å². The maximum absolute atomic E-state index is 5.29. The predicted octanol–water partition coefficient (Wildman–Crippen LogP) is 3.13. The van der Waals surface area contributed by atoms with Crippen LogP contribution < -0.4 is 5.32 Å². The lowest BCUT2D eigenvalue weighted by Crippen LogP contribution is -2.20. The summed E-state index contributed by atoms with van der Waals surface area (Å²) in [5.74, 6) is 0. The molecular weight excluding hydrogens is 206 g/mol. The van der Waals surface area contributed by atoms with E-state index in [-0.39, 0.29) is 0 Å². The molecule has 0 spiro atoms. The highest BCUT2D eigenvalue weighted by molar-refractivity contribution is 7.10. The van der Waals surface area contributed by atoms with Crippen molar-refractivity contribution in [3.63, 3.8) is 0 Å². The number of hydrogen-bond donors (Lipinski definition) is 1. The smallest absolute Gasteiger partial charge is 0.0477 e. The molecule has 1 N–H and O–H groups in total. The molecule has 0 fully saturated rings. The number of thiophene rings is 1. The lowest BCUT2D eigenvalue weighted by molar-refractivity contribution is 0.144. The van der Waals surface area contributed by atoms with Gasteiger partial charge >= 0.3 is 0 Å². The Labute approximate surface area is 96.7 Å². The normalized spacial score (nSPS) is 13.0. The summed E-state index contributed by atoms with van der Waals surface area (Å²) < 4.78 is 5.29. The molecule has 0 bridgehead atoms. The van der Waals surface area contributed by atoms with E-state index in [9.17, 15) is 0 Å². The van der Waals surface area contributed by atoms with Gasteiger partial charge in [0.2, 0.25) is 0 Å². The molecule has 0 aliphatic carbocycles. The minimum atomic E-state index is 0.464. The molecule has 1 aromatic rings. The molecule has 3 heteroatoms. The van der Waals surface area contributed by atoms with E-state index in [4.69, 9.17) is 4.74 Å². The molecule has 0 radical (unpaired) electrons. The van der Waals surface area contributed by atoms with Crippen LogP contribution in [-0.4, -0.2) is 19.8 Å². The molecule has 0 unspecified atom stereocenters. The largest absolute Gasteiger partial charge is 0.382 e. The van der Waals surface area contributed by atoms with E-state index < -0.39 is 0 Å². The van der Waals surface area contributed by atoms with Crippen molar-refractivity contribution >= 4 is 11.3 Å². The summed E-state index contributed by atoms with van der Waals surface area (Å²) in [5, 5.41) is 5.67. The number of ether oxygens (including phenoxy) is 1. The van der Waals surface area contributed by atoms with E-state index in [2.05, 4.69) is 30.6 Å². The van der Waals surface area contributed by atoms with Crippen molar-refractivity contribution in [2.75, 3.05) is 19.8 Å². The minimum absolute atomic E-state index is 0.464. The average Bonchev–Trinajstić information content (AvgIpc) is 2.64. The van der Waals surface area contributed by atoms with Crippen molar-refractivity contribution in [1.29, 1.82) is 0 Å². The van der Waals surface area contributed by atoms with Crippen LogP contribution in [0.4, 0.5) is 0 Å². The van der Waals surface area contributed by atoms with E-state index in [1.54, 1.807) is 0 Å². The highest BCUT2D eigenvalue weighted by Crippen LogP contribution is 2.23. The summed E-state index contributed by atoms with van der Waals surface area (Å²) in [6, 6.07) is 2.64. The average molecular weight is 227 g/mol. The van der Waals surface area contributed by atoms with Crippen molar-refractivity contribution in [3.8, 4) is 0 Å². The molecule has 0 saturated carbocycles. The fraction of sp³-hybridized carbons (Fsp3) is 0.667. The van der Waals surface area contributed by atoms with Gasteiger partial charge in [-0.15, -0.1) is 11.3 Å². The number of rotatable bonds is 7. The third-order valence-electron chi connectivity index (χ3n) is 2.42. The first-order valence-corrected chi connectivity index (χ1v) is 6.48. The zero-order valence-electron chi connectivity index (χ0n) is 9.88. The van der Waals surface area contributed by atoms with Gasteiger partial charge in [0.25, 0.3) is 0 Å². The van der Waals surface area contributed by atoms with Crippen LogP contribution in [0.5, 0.6) is 0 Å². The maximum Gasteiger partial charge on any atom is 0.0477 e. The van der Waals surface area contributed by atoms with Gasteiger partial charge in [0.1, 0.15) is 0 Å². The molecule has 2 nitrogen and oxygen atoms in total. The molecule has 0 amide bonds. The topological polar surface area (TPSA) is 21.3 Å². The van der Waals surface area contributed by atoms with E-state index in [0.717, 1.165) is 26.2 Å². The molecule has 1 rings (SSSR count). The van der Waals surface area contributed by atoms with Crippen LogP contribution in [0.3, 0.4) is 0 Å². The minimum Gasteiger partial charge on any atom is -0.382 e. The van der Waals surface area contributed by atoms with Crippen LogP contribution in [-0.2, 0) is 4.74 Å². The van der Waals surface area contributed by atoms with Crippen LogP contribution in [0.15, 0.2) is 11.4 Å². The summed E-state index contributed by atoms with van der Waals surface area (Å²) in [6.45, 7) is 9.13. The van der Waals surface area contributed by atoms with Gasteiger partial charge in [0.15, 0.2) is 0 Å². The van der Waals surface area contributed by atoms with Crippen molar-refractivity contribution in [2.24, 2.45) is 0 Å². The Kier molecular flexibility index (Phi) is 5.91. The molecule has 0 aliphatic heterocycles. The van der Waals surface area contributed by atoms with Crippen LogP contribution >= 0.6 is 11.3 Å². The Balaban J connectivity index is 2.19. The Morgan fingerprint density at radius 2 is 2.33 bits per heavy atom. The first kappa shape index (κ1) is 12.7. The van der Waals surface area contributed by atoms with E-state index in [1.807, 2.05) is 18.3 Å². The summed E-state index contributed by atoms with van der Waals surface area (Å²) in [6.07, 6.45) is 1.09. The number of aryl methyl sites for hydroxylation is 1. The van der Waals surface area contributed by atoms with Crippen LogP contribution in [0.1, 0.15) is 36.8 Å². The van der Waals surface area contributed by atoms with Crippen molar-refractivity contribution in [2.45, 2.75) is 33.2 Å². The van der Waals surface area contributed by atoms with Gasteiger partial charge in [0, 0.05) is 24.1 Å². The van der Waals surface area contributed by atoms with Crippen LogP contribution in [0.2, 0.25) is 0 Å². The van der Waals surface area contributed by atoms with Gasteiger partial charge in [0.05, 0.1) is 0 Å². The van der Waals surface area contributed by atoms with E-state index in [1.165, 1.54) is 10.4 Å². The SMILES string of the molecule is CCOCCCN[C@H](C)c1sccc1C. The van der Waals surface area contributed by atoms with E-state index in [0.29, 0.717) is 6.04 Å². The van der Waals surface area contributed by atoms with Gasteiger partial charge in [-0.3, -0.25) is 0 Å². The monoisotopic (exact) mass is 227 g/mol. The number of nitrogens with one attached hydrogen (secondary N) is 1. The molecule has 1 heterocycles. The second kappa shape index (κ2) is 6.99.